The highest BCUT2D eigenvalue weighted by molar-refractivity contribution is 5.66. The first kappa shape index (κ1) is 22.7. The topological polar surface area (TPSA) is 37.3 Å². The number of aliphatic carboxylic acids is 1. The third kappa shape index (κ3) is 20.7. The second kappa shape index (κ2) is 19.7. The molecule has 0 radical (unpaired) electrons. The van der Waals surface area contributed by atoms with Crippen molar-refractivity contribution in [3.05, 3.63) is 36.5 Å². The zero-order chi connectivity index (χ0) is 17.7. The number of rotatable bonds is 17. The van der Waals surface area contributed by atoms with Crippen LogP contribution >= 0.6 is 0 Å². The summed E-state index contributed by atoms with van der Waals surface area (Å²) in [7, 11) is 0. The van der Waals surface area contributed by atoms with Gasteiger partial charge in [0.15, 0.2) is 0 Å². The highest BCUT2D eigenvalue weighted by Gasteiger charge is 1.93. The zero-order valence-corrected chi connectivity index (χ0v) is 15.7. The SMILES string of the molecule is CCCC/C=C\CCCC/C=C\CCCC/C=C\CCCC(=O)O. The molecule has 0 unspecified atom stereocenters. The van der Waals surface area contributed by atoms with E-state index in [-0.39, 0.29) is 6.42 Å². The van der Waals surface area contributed by atoms with Gasteiger partial charge in [-0.1, -0.05) is 56.2 Å². The van der Waals surface area contributed by atoms with E-state index in [9.17, 15) is 4.79 Å². The number of hydrogen-bond donors (Lipinski definition) is 1. The average molecular weight is 335 g/mol. The van der Waals surface area contributed by atoms with E-state index in [1.807, 2.05) is 0 Å². The van der Waals surface area contributed by atoms with E-state index in [2.05, 4.69) is 43.4 Å². The third-order valence-electron chi connectivity index (χ3n) is 3.97. The summed E-state index contributed by atoms with van der Waals surface area (Å²) in [5.74, 6) is -0.696. The highest BCUT2D eigenvalue weighted by Crippen LogP contribution is 2.06. The second-order valence-electron chi connectivity index (χ2n) is 6.41. The Hall–Kier alpha value is -1.31. The molecule has 0 amide bonds. The van der Waals surface area contributed by atoms with Gasteiger partial charge in [-0.15, -0.1) is 0 Å². The van der Waals surface area contributed by atoms with E-state index >= 15 is 0 Å². The van der Waals surface area contributed by atoms with Gasteiger partial charge in [-0.2, -0.15) is 0 Å². The summed E-state index contributed by atoms with van der Waals surface area (Å²) in [5, 5.41) is 8.52. The van der Waals surface area contributed by atoms with E-state index in [4.69, 9.17) is 5.11 Å². The maximum Gasteiger partial charge on any atom is 0.303 e. The van der Waals surface area contributed by atoms with Crippen molar-refractivity contribution in [3.8, 4) is 0 Å². The number of allylic oxidation sites excluding steroid dienone is 6. The van der Waals surface area contributed by atoms with Gasteiger partial charge in [0.25, 0.3) is 0 Å². The van der Waals surface area contributed by atoms with Crippen molar-refractivity contribution >= 4 is 5.97 Å². The lowest BCUT2D eigenvalue weighted by Gasteiger charge is -1.95. The molecule has 0 saturated carbocycles. The molecule has 0 fully saturated rings. The molecule has 24 heavy (non-hydrogen) atoms. The molecule has 0 aliphatic rings. The molecule has 2 heteroatoms. The lowest BCUT2D eigenvalue weighted by molar-refractivity contribution is -0.137. The molecular weight excluding hydrogens is 296 g/mol. The van der Waals surface area contributed by atoms with Crippen molar-refractivity contribution in [2.75, 3.05) is 0 Å². The number of carbonyl (C=O) groups is 1. The van der Waals surface area contributed by atoms with Crippen LogP contribution in [0.1, 0.15) is 96.8 Å². The Labute approximate surface area is 149 Å². The molecular formula is C22H38O2. The summed E-state index contributed by atoms with van der Waals surface area (Å²) in [6.45, 7) is 2.24. The molecule has 2 nitrogen and oxygen atoms in total. The van der Waals surface area contributed by atoms with Crippen LogP contribution in [0.15, 0.2) is 36.5 Å². The summed E-state index contributed by atoms with van der Waals surface area (Å²) < 4.78 is 0. The van der Waals surface area contributed by atoms with Gasteiger partial charge in [0.05, 0.1) is 0 Å². The Morgan fingerprint density at radius 1 is 0.625 bits per heavy atom. The van der Waals surface area contributed by atoms with Crippen molar-refractivity contribution in [3.63, 3.8) is 0 Å². The number of hydrogen-bond acceptors (Lipinski definition) is 1. The van der Waals surface area contributed by atoms with E-state index in [0.717, 1.165) is 19.3 Å². The fourth-order valence-corrected chi connectivity index (χ4v) is 2.45. The maximum atomic E-state index is 10.3. The van der Waals surface area contributed by atoms with Crippen molar-refractivity contribution in [1.29, 1.82) is 0 Å². The molecule has 0 aromatic rings. The van der Waals surface area contributed by atoms with Gasteiger partial charge in [-0.25, -0.2) is 0 Å². The molecule has 0 spiro atoms. The lowest BCUT2D eigenvalue weighted by Crippen LogP contribution is -1.92. The van der Waals surface area contributed by atoms with Crippen LogP contribution in [0.4, 0.5) is 0 Å². The summed E-state index contributed by atoms with van der Waals surface area (Å²) in [6, 6.07) is 0. The van der Waals surface area contributed by atoms with Gasteiger partial charge in [0.2, 0.25) is 0 Å². The minimum Gasteiger partial charge on any atom is -0.481 e. The van der Waals surface area contributed by atoms with Gasteiger partial charge in [-0.05, 0) is 70.6 Å². The van der Waals surface area contributed by atoms with Crippen LogP contribution in [0.2, 0.25) is 0 Å². The van der Waals surface area contributed by atoms with Gasteiger partial charge in [0, 0.05) is 6.42 Å². The van der Waals surface area contributed by atoms with Crippen molar-refractivity contribution in [2.45, 2.75) is 96.8 Å². The van der Waals surface area contributed by atoms with E-state index in [0.29, 0.717) is 0 Å². The predicted molar refractivity (Wildman–Crippen MR) is 105 cm³/mol. The summed E-state index contributed by atoms with van der Waals surface area (Å²) in [6.07, 6.45) is 29.3. The fourth-order valence-electron chi connectivity index (χ4n) is 2.45. The monoisotopic (exact) mass is 334 g/mol. The van der Waals surface area contributed by atoms with Crippen LogP contribution in [-0.4, -0.2) is 11.1 Å². The third-order valence-corrected chi connectivity index (χ3v) is 3.97. The molecule has 0 atom stereocenters. The summed E-state index contributed by atoms with van der Waals surface area (Å²) in [4.78, 5) is 10.3. The fraction of sp³-hybridized carbons (Fsp3) is 0.682. The quantitative estimate of drug-likeness (QED) is 0.225. The molecule has 0 heterocycles. The minimum atomic E-state index is -0.696. The summed E-state index contributed by atoms with van der Waals surface area (Å²) in [5.41, 5.74) is 0. The van der Waals surface area contributed by atoms with Crippen molar-refractivity contribution < 1.29 is 9.90 Å². The van der Waals surface area contributed by atoms with Crippen LogP contribution in [0.25, 0.3) is 0 Å². The minimum absolute atomic E-state index is 0.282. The molecule has 0 aromatic heterocycles. The smallest absolute Gasteiger partial charge is 0.303 e. The summed E-state index contributed by atoms with van der Waals surface area (Å²) >= 11 is 0. The van der Waals surface area contributed by atoms with Crippen molar-refractivity contribution in [2.24, 2.45) is 0 Å². The van der Waals surface area contributed by atoms with E-state index < -0.39 is 5.97 Å². The van der Waals surface area contributed by atoms with Crippen LogP contribution < -0.4 is 0 Å². The normalized spacial score (nSPS) is 12.0. The van der Waals surface area contributed by atoms with Crippen molar-refractivity contribution in [1.82, 2.24) is 0 Å². The predicted octanol–water partition coefficient (Wildman–Crippen LogP) is 7.22. The Morgan fingerprint density at radius 2 is 0.958 bits per heavy atom. The Balaban J connectivity index is 3.22. The molecule has 0 aromatic carbocycles. The number of unbranched alkanes of at least 4 members (excludes halogenated alkanes) is 9. The number of carboxylic acids is 1. The van der Waals surface area contributed by atoms with Gasteiger partial charge in [-0.3, -0.25) is 4.79 Å². The molecule has 138 valence electrons. The van der Waals surface area contributed by atoms with Gasteiger partial charge < -0.3 is 5.11 Å². The Kier molecular flexibility index (Phi) is 18.7. The van der Waals surface area contributed by atoms with Crippen LogP contribution in [0.5, 0.6) is 0 Å². The molecule has 0 saturated heterocycles. The lowest BCUT2D eigenvalue weighted by atomic mass is 10.1. The molecule has 0 aliphatic carbocycles. The molecule has 0 bridgehead atoms. The Morgan fingerprint density at radius 3 is 1.29 bits per heavy atom. The van der Waals surface area contributed by atoms with Gasteiger partial charge >= 0.3 is 5.97 Å². The molecule has 0 aliphatic heterocycles. The second-order valence-corrected chi connectivity index (χ2v) is 6.41. The highest BCUT2D eigenvalue weighted by atomic mass is 16.4. The first-order valence-corrected chi connectivity index (χ1v) is 9.94. The maximum absolute atomic E-state index is 10.3. The average Bonchev–Trinajstić information content (AvgIpc) is 2.56. The largest absolute Gasteiger partial charge is 0.481 e. The molecule has 0 rings (SSSR count). The number of carboxylic acid groups (broad SMARTS) is 1. The van der Waals surface area contributed by atoms with Crippen LogP contribution in [0.3, 0.4) is 0 Å². The van der Waals surface area contributed by atoms with Gasteiger partial charge in [0.1, 0.15) is 0 Å². The van der Waals surface area contributed by atoms with E-state index in [1.54, 1.807) is 0 Å². The standard InChI is InChI=1S/C22H38O2/c1-2-3-4-5-6-7-8-9-10-11-12-13-14-15-16-17-18-19-20-21-22(23)24/h5-6,11-12,17-18H,2-4,7-10,13-16,19-21H2,1H3,(H,23,24)/b6-5-,12-11-,18-17-. The van der Waals surface area contributed by atoms with Crippen LogP contribution in [-0.2, 0) is 4.79 Å². The first-order valence-electron chi connectivity index (χ1n) is 9.94. The Bertz CT molecular complexity index is 353. The first-order chi connectivity index (χ1) is 11.8. The van der Waals surface area contributed by atoms with Crippen LogP contribution in [0, 0.1) is 0 Å². The van der Waals surface area contributed by atoms with E-state index in [1.165, 1.54) is 64.2 Å². The molecule has 1 N–H and O–H groups in total. The zero-order valence-electron chi connectivity index (χ0n) is 15.7.